The summed E-state index contributed by atoms with van der Waals surface area (Å²) >= 11 is 3.51. The molecular formula is C28H20BrN3O4. The number of furan rings is 1. The zero-order valence-electron chi connectivity index (χ0n) is 19.3. The third-order valence-electron chi connectivity index (χ3n) is 5.35. The molecule has 0 saturated heterocycles. The minimum atomic E-state index is -0.314. The van der Waals surface area contributed by atoms with Crippen molar-refractivity contribution >= 4 is 44.0 Å². The van der Waals surface area contributed by atoms with Crippen molar-refractivity contribution < 1.29 is 13.9 Å². The summed E-state index contributed by atoms with van der Waals surface area (Å²) in [6.07, 6.45) is 6.89. The molecule has 178 valence electrons. The highest BCUT2D eigenvalue weighted by Crippen LogP contribution is 2.36. The number of nitrogens with zero attached hydrogens (tertiary/aromatic N) is 3. The largest absolute Gasteiger partial charge is 0.490 e. The fourth-order valence-corrected chi connectivity index (χ4v) is 4.36. The van der Waals surface area contributed by atoms with E-state index in [0.29, 0.717) is 56.2 Å². The molecule has 7 nitrogen and oxygen atoms in total. The number of terminal acetylenes is 1. The second-order valence-corrected chi connectivity index (χ2v) is 8.57. The van der Waals surface area contributed by atoms with Crippen LogP contribution in [-0.4, -0.2) is 29.1 Å². The molecule has 2 aromatic heterocycles. The van der Waals surface area contributed by atoms with Gasteiger partial charge >= 0.3 is 0 Å². The molecule has 0 spiro atoms. The normalized spacial score (nSPS) is 11.2. The van der Waals surface area contributed by atoms with Crippen LogP contribution in [0, 0.1) is 12.3 Å². The molecule has 0 atom stereocenters. The van der Waals surface area contributed by atoms with Gasteiger partial charge in [0.2, 0.25) is 5.82 Å². The summed E-state index contributed by atoms with van der Waals surface area (Å²) < 4.78 is 19.3. The van der Waals surface area contributed by atoms with Gasteiger partial charge in [0.1, 0.15) is 12.2 Å². The Morgan fingerprint density at radius 2 is 1.94 bits per heavy atom. The number of aromatic nitrogens is 2. The van der Waals surface area contributed by atoms with Crippen molar-refractivity contribution in [3.05, 3.63) is 87.1 Å². The minimum Gasteiger partial charge on any atom is -0.490 e. The van der Waals surface area contributed by atoms with Gasteiger partial charge in [0.05, 0.1) is 28.2 Å². The molecule has 0 unspecified atom stereocenters. The maximum absolute atomic E-state index is 13.5. The van der Waals surface area contributed by atoms with Gasteiger partial charge in [0, 0.05) is 5.39 Å². The van der Waals surface area contributed by atoms with Crippen molar-refractivity contribution in [2.75, 3.05) is 13.2 Å². The number of ether oxygens (including phenoxy) is 2. The van der Waals surface area contributed by atoms with E-state index < -0.39 is 0 Å². The maximum atomic E-state index is 13.5. The zero-order chi connectivity index (χ0) is 25.1. The van der Waals surface area contributed by atoms with E-state index in [0.717, 1.165) is 5.39 Å². The molecule has 8 heteroatoms. The minimum absolute atomic E-state index is 0.102. The molecule has 36 heavy (non-hydrogen) atoms. The lowest BCUT2D eigenvalue weighted by Crippen LogP contribution is -2.20. The number of rotatable bonds is 7. The predicted octanol–water partition coefficient (Wildman–Crippen LogP) is 5.87. The molecule has 0 amide bonds. The van der Waals surface area contributed by atoms with E-state index in [1.165, 1.54) is 4.68 Å². The third kappa shape index (κ3) is 4.49. The Labute approximate surface area is 215 Å². The molecule has 5 rings (SSSR count). The van der Waals surface area contributed by atoms with Crippen molar-refractivity contribution in [2.45, 2.75) is 6.92 Å². The second kappa shape index (κ2) is 10.1. The Morgan fingerprint density at radius 1 is 1.14 bits per heavy atom. The molecule has 2 heterocycles. The number of para-hydroxylation sites is 2. The van der Waals surface area contributed by atoms with Crippen LogP contribution in [0.4, 0.5) is 0 Å². The Morgan fingerprint density at radius 3 is 2.75 bits per heavy atom. The SMILES string of the molecule is C#CCOc1c(Br)cc(C=Nn2c(-c3cc4ccccc4o3)nc3ccccc3c2=O)cc1OCC. The van der Waals surface area contributed by atoms with E-state index in [1.54, 1.807) is 36.5 Å². The quantitative estimate of drug-likeness (QED) is 0.190. The Kier molecular flexibility index (Phi) is 6.56. The number of halogens is 1. The van der Waals surface area contributed by atoms with Crippen LogP contribution in [0.3, 0.4) is 0 Å². The first kappa shape index (κ1) is 23.4. The molecular weight excluding hydrogens is 522 g/mol. The molecule has 0 bridgehead atoms. The van der Waals surface area contributed by atoms with Crippen LogP contribution < -0.4 is 15.0 Å². The summed E-state index contributed by atoms with van der Waals surface area (Å²) in [5.74, 6) is 4.18. The van der Waals surface area contributed by atoms with E-state index in [4.69, 9.17) is 25.3 Å². The molecule has 0 aliphatic heterocycles. The Bertz CT molecular complexity index is 1680. The standard InChI is InChI=1S/C28H20BrN3O4/c1-3-13-35-26-21(29)14-18(15-24(26)34-4-2)17-30-32-27(25-16-19-9-5-8-12-23(19)36-25)31-22-11-7-6-10-20(22)28(32)33/h1,5-12,14-17H,4,13H2,2H3. The van der Waals surface area contributed by atoms with Gasteiger partial charge in [-0.25, -0.2) is 4.98 Å². The van der Waals surface area contributed by atoms with Gasteiger partial charge in [-0.15, -0.1) is 6.42 Å². The summed E-state index contributed by atoms with van der Waals surface area (Å²) in [6.45, 7) is 2.41. The van der Waals surface area contributed by atoms with Crippen LogP contribution in [0.15, 0.2) is 85.5 Å². The van der Waals surface area contributed by atoms with Gasteiger partial charge < -0.3 is 13.9 Å². The van der Waals surface area contributed by atoms with Crippen molar-refractivity contribution in [3.8, 4) is 35.4 Å². The van der Waals surface area contributed by atoms with Crippen LogP contribution in [-0.2, 0) is 0 Å². The van der Waals surface area contributed by atoms with Crippen LogP contribution >= 0.6 is 15.9 Å². The van der Waals surface area contributed by atoms with E-state index in [9.17, 15) is 4.79 Å². The van der Waals surface area contributed by atoms with Crippen molar-refractivity contribution in [1.82, 2.24) is 9.66 Å². The smallest absolute Gasteiger partial charge is 0.282 e. The van der Waals surface area contributed by atoms with E-state index in [-0.39, 0.29) is 12.2 Å². The lowest BCUT2D eigenvalue weighted by molar-refractivity contribution is 0.298. The van der Waals surface area contributed by atoms with Gasteiger partial charge in [-0.2, -0.15) is 9.78 Å². The van der Waals surface area contributed by atoms with E-state index in [2.05, 4.69) is 27.0 Å². The zero-order valence-corrected chi connectivity index (χ0v) is 20.9. The van der Waals surface area contributed by atoms with Crippen LogP contribution in [0.1, 0.15) is 12.5 Å². The summed E-state index contributed by atoms with van der Waals surface area (Å²) in [4.78, 5) is 18.2. The van der Waals surface area contributed by atoms with Crippen LogP contribution in [0.2, 0.25) is 0 Å². The molecule has 0 saturated carbocycles. The van der Waals surface area contributed by atoms with Crippen molar-refractivity contribution in [2.24, 2.45) is 5.10 Å². The average molecular weight is 542 g/mol. The number of hydrogen-bond donors (Lipinski definition) is 0. The number of hydrogen-bond acceptors (Lipinski definition) is 6. The highest BCUT2D eigenvalue weighted by Gasteiger charge is 2.17. The second-order valence-electron chi connectivity index (χ2n) is 7.72. The lowest BCUT2D eigenvalue weighted by Gasteiger charge is -2.13. The van der Waals surface area contributed by atoms with Gasteiger partial charge in [-0.3, -0.25) is 4.79 Å². The first-order valence-corrected chi connectivity index (χ1v) is 12.0. The van der Waals surface area contributed by atoms with E-state index in [1.807, 2.05) is 43.3 Å². The fourth-order valence-electron chi connectivity index (χ4n) is 3.79. The summed E-state index contributed by atoms with van der Waals surface area (Å²) in [7, 11) is 0. The van der Waals surface area contributed by atoms with E-state index >= 15 is 0 Å². The van der Waals surface area contributed by atoms with Crippen molar-refractivity contribution in [1.29, 1.82) is 0 Å². The first-order chi connectivity index (χ1) is 17.6. The molecule has 0 fully saturated rings. The molecule has 0 aliphatic carbocycles. The molecule has 0 radical (unpaired) electrons. The maximum Gasteiger partial charge on any atom is 0.282 e. The highest BCUT2D eigenvalue weighted by molar-refractivity contribution is 9.10. The van der Waals surface area contributed by atoms with Gasteiger partial charge in [-0.1, -0.05) is 36.3 Å². The van der Waals surface area contributed by atoms with Crippen molar-refractivity contribution in [3.63, 3.8) is 0 Å². The fraction of sp³-hybridized carbons (Fsp3) is 0.107. The van der Waals surface area contributed by atoms with Gasteiger partial charge in [0.25, 0.3) is 5.56 Å². The third-order valence-corrected chi connectivity index (χ3v) is 5.94. The molecule has 5 aromatic rings. The average Bonchev–Trinajstić information content (AvgIpc) is 3.32. The van der Waals surface area contributed by atoms with Crippen LogP contribution in [0.5, 0.6) is 11.5 Å². The monoisotopic (exact) mass is 541 g/mol. The van der Waals surface area contributed by atoms with Crippen LogP contribution in [0.25, 0.3) is 33.5 Å². The summed E-state index contributed by atoms with van der Waals surface area (Å²) in [5.41, 5.74) is 1.61. The van der Waals surface area contributed by atoms with Gasteiger partial charge in [0.15, 0.2) is 17.3 Å². The highest BCUT2D eigenvalue weighted by atomic mass is 79.9. The molecule has 0 N–H and O–H groups in total. The predicted molar refractivity (Wildman–Crippen MR) is 144 cm³/mol. The number of fused-ring (bicyclic) bond motifs is 2. The Balaban J connectivity index is 1.65. The molecule has 0 aliphatic rings. The number of benzene rings is 3. The lowest BCUT2D eigenvalue weighted by atomic mass is 10.2. The summed E-state index contributed by atoms with van der Waals surface area (Å²) in [6, 6.07) is 20.2. The topological polar surface area (TPSA) is 78.9 Å². The first-order valence-electron chi connectivity index (χ1n) is 11.2. The summed E-state index contributed by atoms with van der Waals surface area (Å²) in [5, 5.41) is 5.86. The molecule has 3 aromatic carbocycles. The Hall–Kier alpha value is -4.35. The van der Waals surface area contributed by atoms with Gasteiger partial charge in [-0.05, 0) is 64.8 Å².